The minimum Gasteiger partial charge on any atom is -0.490 e. The van der Waals surface area contributed by atoms with Crippen LogP contribution < -0.4 is 14.8 Å². The van der Waals surface area contributed by atoms with Crippen molar-refractivity contribution < 1.29 is 19.0 Å². The van der Waals surface area contributed by atoms with Crippen molar-refractivity contribution in [2.45, 2.75) is 26.3 Å². The molecule has 1 aromatic rings. The molecule has 1 atom stereocenters. The van der Waals surface area contributed by atoms with Crippen molar-refractivity contribution in [1.82, 2.24) is 5.32 Å². The number of carbonyl (C=O) groups excluding carboxylic acids is 1. The van der Waals surface area contributed by atoms with E-state index in [0.717, 1.165) is 0 Å². The molecule has 0 aliphatic heterocycles. The number of benzene rings is 1. The molecular formula is C15H23NO4. The second-order valence-corrected chi connectivity index (χ2v) is 4.11. The summed E-state index contributed by atoms with van der Waals surface area (Å²) in [5, 5.41) is 2.93. The second-order valence-electron chi connectivity index (χ2n) is 4.11. The van der Waals surface area contributed by atoms with Crippen LogP contribution >= 0.6 is 0 Å². The van der Waals surface area contributed by atoms with Gasteiger partial charge in [-0.15, -0.1) is 0 Å². The Morgan fingerprint density at radius 3 is 2.35 bits per heavy atom. The minimum absolute atomic E-state index is 0.253. The molecule has 0 amide bonds. The average Bonchev–Trinajstić information content (AvgIpc) is 2.45. The molecule has 1 unspecified atom stereocenters. The van der Waals surface area contributed by atoms with Crippen molar-refractivity contribution in [3.8, 4) is 11.5 Å². The van der Waals surface area contributed by atoms with Gasteiger partial charge in [0, 0.05) is 6.42 Å². The topological polar surface area (TPSA) is 56.8 Å². The van der Waals surface area contributed by atoms with Gasteiger partial charge in [0.1, 0.15) is 6.04 Å². The molecule has 0 saturated heterocycles. The van der Waals surface area contributed by atoms with Gasteiger partial charge < -0.3 is 19.5 Å². The molecule has 1 aromatic carbocycles. The maximum atomic E-state index is 11.6. The molecule has 0 aromatic heterocycles. The van der Waals surface area contributed by atoms with Gasteiger partial charge in [0.05, 0.1) is 19.8 Å². The fourth-order valence-corrected chi connectivity index (χ4v) is 1.75. The third-order valence-corrected chi connectivity index (χ3v) is 2.73. The molecule has 0 saturated carbocycles. The summed E-state index contributed by atoms with van der Waals surface area (Å²) in [5.41, 5.74) is 0. The van der Waals surface area contributed by atoms with Crippen LogP contribution in [0.4, 0.5) is 0 Å². The van der Waals surface area contributed by atoms with E-state index in [1.165, 1.54) is 0 Å². The van der Waals surface area contributed by atoms with Crippen LogP contribution in [0.5, 0.6) is 11.5 Å². The van der Waals surface area contributed by atoms with Crippen LogP contribution in [-0.2, 0) is 9.53 Å². The molecule has 0 radical (unpaired) electrons. The van der Waals surface area contributed by atoms with Gasteiger partial charge in [-0.1, -0.05) is 12.1 Å². The molecule has 0 fully saturated rings. The lowest BCUT2D eigenvalue weighted by Gasteiger charge is -2.16. The Balaban J connectivity index is 2.48. The van der Waals surface area contributed by atoms with E-state index in [-0.39, 0.29) is 12.0 Å². The van der Waals surface area contributed by atoms with Crippen molar-refractivity contribution in [2.24, 2.45) is 0 Å². The van der Waals surface area contributed by atoms with Crippen LogP contribution in [-0.4, -0.2) is 38.9 Å². The number of carbonyl (C=O) groups is 1. The van der Waals surface area contributed by atoms with E-state index in [0.29, 0.717) is 37.7 Å². The maximum absolute atomic E-state index is 11.6. The molecule has 1 rings (SSSR count). The van der Waals surface area contributed by atoms with E-state index in [9.17, 15) is 4.79 Å². The zero-order valence-corrected chi connectivity index (χ0v) is 12.3. The summed E-state index contributed by atoms with van der Waals surface area (Å²) in [6, 6.07) is 7.14. The summed E-state index contributed by atoms with van der Waals surface area (Å²) in [6.45, 7) is 5.09. The number of para-hydroxylation sites is 2. The first-order valence-electron chi connectivity index (χ1n) is 6.91. The normalized spacial score (nSPS) is 11.8. The van der Waals surface area contributed by atoms with Crippen molar-refractivity contribution in [3.63, 3.8) is 0 Å². The summed E-state index contributed by atoms with van der Waals surface area (Å²) in [6.07, 6.45) is 0.537. The van der Waals surface area contributed by atoms with E-state index in [2.05, 4.69) is 5.32 Å². The van der Waals surface area contributed by atoms with Gasteiger partial charge in [0.2, 0.25) is 0 Å². The lowest BCUT2D eigenvalue weighted by atomic mass is 10.2. The van der Waals surface area contributed by atoms with Gasteiger partial charge >= 0.3 is 5.97 Å². The third-order valence-electron chi connectivity index (χ3n) is 2.73. The molecule has 0 bridgehead atoms. The largest absolute Gasteiger partial charge is 0.490 e. The molecule has 0 aliphatic carbocycles. The van der Waals surface area contributed by atoms with Crippen molar-refractivity contribution in [2.75, 3.05) is 26.9 Å². The van der Waals surface area contributed by atoms with Gasteiger partial charge in [0.15, 0.2) is 11.5 Å². The first kappa shape index (κ1) is 16.3. The van der Waals surface area contributed by atoms with Gasteiger partial charge in [-0.05, 0) is 33.0 Å². The van der Waals surface area contributed by atoms with Gasteiger partial charge in [-0.3, -0.25) is 4.79 Å². The Labute approximate surface area is 120 Å². The standard InChI is InChI=1S/C15H23NO4/c1-4-18-13-8-6-7-9-14(13)20-11-10-12(16-3)15(17)19-5-2/h6-9,12,16H,4-5,10-11H2,1-3H3. The molecular weight excluding hydrogens is 258 g/mol. The van der Waals surface area contributed by atoms with Crippen molar-refractivity contribution in [1.29, 1.82) is 0 Å². The van der Waals surface area contributed by atoms with Gasteiger partial charge in [-0.25, -0.2) is 0 Å². The molecule has 5 heteroatoms. The smallest absolute Gasteiger partial charge is 0.323 e. The molecule has 0 aliphatic rings. The van der Waals surface area contributed by atoms with Crippen molar-refractivity contribution >= 4 is 5.97 Å². The summed E-state index contributed by atoms with van der Waals surface area (Å²) in [4.78, 5) is 11.6. The fraction of sp³-hybridized carbons (Fsp3) is 0.533. The first-order valence-corrected chi connectivity index (χ1v) is 6.91. The predicted octanol–water partition coefficient (Wildman–Crippen LogP) is 2.01. The molecule has 1 N–H and O–H groups in total. The Bertz CT molecular complexity index is 409. The van der Waals surface area contributed by atoms with Gasteiger partial charge in [-0.2, -0.15) is 0 Å². The van der Waals surface area contributed by atoms with Crippen molar-refractivity contribution in [3.05, 3.63) is 24.3 Å². The lowest BCUT2D eigenvalue weighted by molar-refractivity contribution is -0.145. The monoisotopic (exact) mass is 281 g/mol. The highest BCUT2D eigenvalue weighted by molar-refractivity contribution is 5.75. The Morgan fingerprint density at radius 1 is 1.15 bits per heavy atom. The average molecular weight is 281 g/mol. The Morgan fingerprint density at radius 2 is 1.80 bits per heavy atom. The first-order chi connectivity index (χ1) is 9.72. The van der Waals surface area contributed by atoms with E-state index in [1.54, 1.807) is 14.0 Å². The zero-order chi connectivity index (χ0) is 14.8. The van der Waals surface area contributed by atoms with E-state index in [4.69, 9.17) is 14.2 Å². The number of esters is 1. The number of rotatable bonds is 9. The third kappa shape index (κ3) is 5.09. The van der Waals surface area contributed by atoms with E-state index < -0.39 is 0 Å². The second kappa shape index (κ2) is 9.20. The summed E-state index contributed by atoms with van der Waals surface area (Å²) < 4.78 is 16.1. The van der Waals surface area contributed by atoms with E-state index >= 15 is 0 Å². The van der Waals surface area contributed by atoms with Crippen LogP contribution in [0.1, 0.15) is 20.3 Å². The number of hydrogen-bond acceptors (Lipinski definition) is 5. The molecule has 112 valence electrons. The zero-order valence-electron chi connectivity index (χ0n) is 12.3. The Hall–Kier alpha value is -1.75. The van der Waals surface area contributed by atoms with Gasteiger partial charge in [0.25, 0.3) is 0 Å². The molecule has 0 spiro atoms. The molecule has 0 heterocycles. The lowest BCUT2D eigenvalue weighted by Crippen LogP contribution is -2.36. The quantitative estimate of drug-likeness (QED) is 0.702. The van der Waals surface area contributed by atoms with E-state index in [1.807, 2.05) is 31.2 Å². The van der Waals surface area contributed by atoms with Crippen LogP contribution in [0.2, 0.25) is 0 Å². The summed E-state index contributed by atoms with van der Waals surface area (Å²) in [5.74, 6) is 1.15. The highest BCUT2D eigenvalue weighted by Crippen LogP contribution is 2.26. The molecule has 5 nitrogen and oxygen atoms in total. The highest BCUT2D eigenvalue weighted by Gasteiger charge is 2.17. The summed E-state index contributed by atoms with van der Waals surface area (Å²) in [7, 11) is 1.73. The number of ether oxygens (including phenoxy) is 3. The maximum Gasteiger partial charge on any atom is 0.323 e. The van der Waals surface area contributed by atoms with Crippen LogP contribution in [0.3, 0.4) is 0 Å². The predicted molar refractivity (Wildman–Crippen MR) is 77.2 cm³/mol. The highest BCUT2D eigenvalue weighted by atomic mass is 16.5. The Kier molecular flexibility index (Phi) is 7.50. The SMILES string of the molecule is CCOC(=O)C(CCOc1ccccc1OCC)NC. The van der Waals surface area contributed by atoms with Crippen LogP contribution in [0, 0.1) is 0 Å². The number of nitrogens with one attached hydrogen (secondary N) is 1. The number of likely N-dealkylation sites (N-methyl/N-ethyl adjacent to an activating group) is 1. The van der Waals surface area contributed by atoms with Crippen LogP contribution in [0.25, 0.3) is 0 Å². The van der Waals surface area contributed by atoms with Crippen LogP contribution in [0.15, 0.2) is 24.3 Å². The number of hydrogen-bond donors (Lipinski definition) is 1. The molecule has 20 heavy (non-hydrogen) atoms. The fourth-order valence-electron chi connectivity index (χ4n) is 1.75. The summed E-state index contributed by atoms with van der Waals surface area (Å²) >= 11 is 0. The minimum atomic E-state index is -0.353.